The number of halogens is 2. The van der Waals surface area contributed by atoms with E-state index >= 15 is 0 Å². The third kappa shape index (κ3) is 3.56. The minimum Gasteiger partial charge on any atom is -0.354 e. The van der Waals surface area contributed by atoms with Crippen LogP contribution < -0.4 is 9.62 Å². The first-order chi connectivity index (χ1) is 10.8. The summed E-state index contributed by atoms with van der Waals surface area (Å²) >= 11 is 0. The van der Waals surface area contributed by atoms with Gasteiger partial charge in [-0.1, -0.05) is 0 Å². The molecule has 6 nitrogen and oxygen atoms in total. The van der Waals surface area contributed by atoms with Gasteiger partial charge in [0.15, 0.2) is 11.6 Å². The molecule has 1 aliphatic heterocycles. The molecule has 3 rings (SSSR count). The molecule has 0 bridgehead atoms. The number of aromatic nitrogens is 2. The summed E-state index contributed by atoms with van der Waals surface area (Å²) in [5.41, 5.74) is 0.312. The van der Waals surface area contributed by atoms with Crippen molar-refractivity contribution in [3.63, 3.8) is 0 Å². The zero-order chi connectivity index (χ0) is 16.6. The fraction of sp³-hybridized carbons (Fsp3) is 0.429. The number of sulfonamides is 1. The van der Waals surface area contributed by atoms with Crippen molar-refractivity contribution in [1.82, 2.24) is 14.7 Å². The predicted octanol–water partition coefficient (Wildman–Crippen LogP) is 1.43. The Labute approximate surface area is 132 Å². The molecule has 1 fully saturated rings. The van der Waals surface area contributed by atoms with E-state index in [1.165, 1.54) is 6.33 Å². The van der Waals surface area contributed by atoms with Gasteiger partial charge in [0.05, 0.1) is 11.8 Å². The van der Waals surface area contributed by atoms with Crippen LogP contribution in [0.2, 0.25) is 0 Å². The van der Waals surface area contributed by atoms with Crippen molar-refractivity contribution in [2.24, 2.45) is 0 Å². The van der Waals surface area contributed by atoms with E-state index in [0.29, 0.717) is 29.8 Å². The second-order valence-electron chi connectivity index (χ2n) is 5.66. The SMILES string of the molecule is CS(=O)(=O)NC1CCCN(c2ncnc3cc(F)c(F)cc23)C1. The summed E-state index contributed by atoms with van der Waals surface area (Å²) in [6, 6.07) is 1.87. The van der Waals surface area contributed by atoms with Crippen LogP contribution in [0.4, 0.5) is 14.6 Å². The first kappa shape index (κ1) is 16.0. The maximum Gasteiger partial charge on any atom is 0.209 e. The van der Waals surface area contributed by atoms with Gasteiger partial charge in [-0.25, -0.2) is 31.9 Å². The van der Waals surface area contributed by atoms with Crippen LogP contribution in [0.3, 0.4) is 0 Å². The minimum absolute atomic E-state index is 0.242. The fourth-order valence-corrected chi connectivity index (χ4v) is 3.66. The molecule has 0 amide bonds. The fourth-order valence-electron chi connectivity index (χ4n) is 2.86. The van der Waals surface area contributed by atoms with Crippen molar-refractivity contribution in [1.29, 1.82) is 0 Å². The minimum atomic E-state index is -3.30. The van der Waals surface area contributed by atoms with Crippen LogP contribution in [0.25, 0.3) is 10.9 Å². The predicted molar refractivity (Wildman–Crippen MR) is 82.7 cm³/mol. The molecular weight excluding hydrogens is 326 g/mol. The van der Waals surface area contributed by atoms with Gasteiger partial charge in [-0.15, -0.1) is 0 Å². The number of anilines is 1. The number of hydrogen-bond acceptors (Lipinski definition) is 5. The number of benzene rings is 1. The zero-order valence-electron chi connectivity index (χ0n) is 12.5. The molecule has 1 saturated heterocycles. The second kappa shape index (κ2) is 5.97. The third-order valence-electron chi connectivity index (χ3n) is 3.76. The maximum absolute atomic E-state index is 13.6. The molecule has 124 valence electrons. The normalized spacial score (nSPS) is 19.3. The van der Waals surface area contributed by atoms with Crippen molar-refractivity contribution < 1.29 is 17.2 Å². The van der Waals surface area contributed by atoms with Gasteiger partial charge in [-0.3, -0.25) is 0 Å². The number of hydrogen-bond donors (Lipinski definition) is 1. The van der Waals surface area contributed by atoms with Crippen LogP contribution in [0, 0.1) is 11.6 Å². The topological polar surface area (TPSA) is 75.2 Å². The molecule has 0 radical (unpaired) electrons. The van der Waals surface area contributed by atoms with E-state index in [2.05, 4.69) is 14.7 Å². The van der Waals surface area contributed by atoms with Crippen LogP contribution in [0.15, 0.2) is 18.5 Å². The van der Waals surface area contributed by atoms with Gasteiger partial charge in [0.2, 0.25) is 10.0 Å². The number of nitrogens with zero attached hydrogens (tertiary/aromatic N) is 3. The van der Waals surface area contributed by atoms with E-state index in [1.54, 1.807) is 0 Å². The average molecular weight is 342 g/mol. The van der Waals surface area contributed by atoms with Crippen molar-refractivity contribution in [3.05, 3.63) is 30.1 Å². The third-order valence-corrected chi connectivity index (χ3v) is 4.52. The quantitative estimate of drug-likeness (QED) is 0.913. The Hall–Kier alpha value is -1.87. The van der Waals surface area contributed by atoms with Gasteiger partial charge in [-0.2, -0.15) is 0 Å². The molecule has 1 aromatic carbocycles. The Morgan fingerprint density at radius 3 is 2.74 bits per heavy atom. The Bertz CT molecular complexity index is 844. The first-order valence-corrected chi connectivity index (χ1v) is 9.04. The van der Waals surface area contributed by atoms with Crippen molar-refractivity contribution in [3.8, 4) is 0 Å². The maximum atomic E-state index is 13.6. The molecular formula is C14H16F2N4O2S. The molecule has 0 aliphatic carbocycles. The Kier molecular flexibility index (Phi) is 4.15. The first-order valence-electron chi connectivity index (χ1n) is 7.15. The standard InChI is InChI=1S/C14H16F2N4O2S/c1-23(21,22)19-9-3-2-4-20(7-9)14-10-5-11(15)12(16)6-13(10)17-8-18-14/h5-6,8-9,19H,2-4,7H2,1H3. The highest BCUT2D eigenvalue weighted by Crippen LogP contribution is 2.27. The molecule has 23 heavy (non-hydrogen) atoms. The highest BCUT2D eigenvalue weighted by molar-refractivity contribution is 7.88. The molecule has 1 unspecified atom stereocenters. The smallest absolute Gasteiger partial charge is 0.209 e. The molecule has 2 aromatic rings. The Balaban J connectivity index is 1.95. The van der Waals surface area contributed by atoms with Crippen molar-refractivity contribution in [2.45, 2.75) is 18.9 Å². The number of fused-ring (bicyclic) bond motifs is 1. The Morgan fingerprint density at radius 2 is 2.00 bits per heavy atom. The highest BCUT2D eigenvalue weighted by atomic mass is 32.2. The lowest BCUT2D eigenvalue weighted by molar-refractivity contribution is 0.466. The molecule has 1 aromatic heterocycles. The second-order valence-corrected chi connectivity index (χ2v) is 7.44. The summed E-state index contributed by atoms with van der Waals surface area (Å²) in [4.78, 5) is 10.0. The Morgan fingerprint density at radius 1 is 1.26 bits per heavy atom. The summed E-state index contributed by atoms with van der Waals surface area (Å²) in [6.45, 7) is 1.07. The van der Waals surface area contributed by atoms with E-state index in [0.717, 1.165) is 31.2 Å². The van der Waals surface area contributed by atoms with E-state index in [-0.39, 0.29) is 6.04 Å². The monoisotopic (exact) mass is 342 g/mol. The molecule has 1 N–H and O–H groups in total. The van der Waals surface area contributed by atoms with Crippen LogP contribution in [-0.2, 0) is 10.0 Å². The summed E-state index contributed by atoms with van der Waals surface area (Å²) < 4.78 is 52.3. The molecule has 1 atom stereocenters. The lowest BCUT2D eigenvalue weighted by Crippen LogP contribution is -2.47. The van der Waals surface area contributed by atoms with Gasteiger partial charge >= 0.3 is 0 Å². The van der Waals surface area contributed by atoms with Gasteiger partial charge in [-0.05, 0) is 18.9 Å². The molecule has 9 heteroatoms. The number of rotatable bonds is 3. The average Bonchev–Trinajstić information content (AvgIpc) is 2.46. The highest BCUT2D eigenvalue weighted by Gasteiger charge is 2.24. The van der Waals surface area contributed by atoms with Crippen LogP contribution >= 0.6 is 0 Å². The summed E-state index contributed by atoms with van der Waals surface area (Å²) in [5, 5.41) is 0.409. The van der Waals surface area contributed by atoms with E-state index < -0.39 is 21.7 Å². The largest absolute Gasteiger partial charge is 0.354 e. The zero-order valence-corrected chi connectivity index (χ0v) is 13.3. The van der Waals surface area contributed by atoms with Gasteiger partial charge in [0, 0.05) is 30.6 Å². The van der Waals surface area contributed by atoms with E-state index in [9.17, 15) is 17.2 Å². The lowest BCUT2D eigenvalue weighted by Gasteiger charge is -2.34. The van der Waals surface area contributed by atoms with E-state index in [1.807, 2.05) is 4.90 Å². The number of piperidine rings is 1. The molecule has 0 saturated carbocycles. The van der Waals surface area contributed by atoms with Crippen molar-refractivity contribution >= 4 is 26.7 Å². The van der Waals surface area contributed by atoms with Crippen LogP contribution in [0.1, 0.15) is 12.8 Å². The van der Waals surface area contributed by atoms with E-state index in [4.69, 9.17) is 0 Å². The van der Waals surface area contributed by atoms with Gasteiger partial charge in [0.1, 0.15) is 12.1 Å². The van der Waals surface area contributed by atoms with Gasteiger partial charge in [0.25, 0.3) is 0 Å². The number of nitrogens with one attached hydrogen (secondary N) is 1. The summed E-state index contributed by atoms with van der Waals surface area (Å²) in [7, 11) is -3.30. The lowest BCUT2D eigenvalue weighted by atomic mass is 10.1. The van der Waals surface area contributed by atoms with Crippen LogP contribution in [-0.4, -0.2) is 43.8 Å². The molecule has 0 spiro atoms. The molecule has 1 aliphatic rings. The summed E-state index contributed by atoms with van der Waals surface area (Å²) in [5.74, 6) is -1.44. The van der Waals surface area contributed by atoms with Crippen LogP contribution in [0.5, 0.6) is 0 Å². The summed E-state index contributed by atoms with van der Waals surface area (Å²) in [6.07, 6.45) is 3.89. The molecule has 2 heterocycles. The van der Waals surface area contributed by atoms with Crippen molar-refractivity contribution in [2.75, 3.05) is 24.2 Å². The van der Waals surface area contributed by atoms with Gasteiger partial charge < -0.3 is 4.90 Å².